The number of rotatable bonds is 6. The van der Waals surface area contributed by atoms with Crippen LogP contribution in [0.25, 0.3) is 0 Å². The Hall–Kier alpha value is -2.90. The van der Waals surface area contributed by atoms with Crippen LogP contribution in [0.3, 0.4) is 0 Å². The molecule has 0 bridgehead atoms. The Labute approximate surface area is 189 Å². The first-order valence-corrected chi connectivity index (χ1v) is 11.0. The van der Waals surface area contributed by atoms with Gasteiger partial charge in [0.05, 0.1) is 6.10 Å². The van der Waals surface area contributed by atoms with Crippen molar-refractivity contribution in [1.29, 1.82) is 0 Å². The Morgan fingerprint density at radius 3 is 2.19 bits per heavy atom. The van der Waals surface area contributed by atoms with E-state index in [1.807, 2.05) is 60.7 Å². The monoisotopic (exact) mass is 439 g/mol. The van der Waals surface area contributed by atoms with E-state index in [0.29, 0.717) is 19.5 Å². The van der Waals surface area contributed by atoms with Crippen LogP contribution in [0.2, 0.25) is 0 Å². The van der Waals surface area contributed by atoms with Gasteiger partial charge in [-0.15, -0.1) is 0 Å². The molecule has 0 aliphatic carbocycles. The summed E-state index contributed by atoms with van der Waals surface area (Å²) in [5.41, 5.74) is 7.54. The largest absolute Gasteiger partial charge is 0.444 e. The molecule has 2 aromatic carbocycles. The summed E-state index contributed by atoms with van der Waals surface area (Å²) < 4.78 is 5.52. The fourth-order valence-corrected chi connectivity index (χ4v) is 3.86. The minimum absolute atomic E-state index is 0.257. The first-order chi connectivity index (χ1) is 15.2. The summed E-state index contributed by atoms with van der Waals surface area (Å²) in [6, 6.07) is 17.3. The highest BCUT2D eigenvalue weighted by Crippen LogP contribution is 2.22. The number of aliphatic hydroxyl groups is 1. The molecule has 3 rings (SSSR count). The number of hydrogen-bond donors (Lipinski definition) is 2. The van der Waals surface area contributed by atoms with Gasteiger partial charge in [-0.2, -0.15) is 0 Å². The minimum atomic E-state index is -1.24. The van der Waals surface area contributed by atoms with E-state index in [4.69, 9.17) is 10.5 Å². The van der Waals surface area contributed by atoms with Crippen LogP contribution >= 0.6 is 0 Å². The molecule has 7 nitrogen and oxygen atoms in total. The van der Waals surface area contributed by atoms with E-state index < -0.39 is 29.9 Å². The van der Waals surface area contributed by atoms with Crippen LogP contribution in [0.5, 0.6) is 0 Å². The fraction of sp³-hybridized carbons (Fsp3) is 0.440. The number of nitrogens with zero attached hydrogens (tertiary/aromatic N) is 2. The molecule has 1 saturated heterocycles. The molecule has 1 heterocycles. The molecule has 0 spiro atoms. The van der Waals surface area contributed by atoms with E-state index in [-0.39, 0.29) is 12.5 Å². The molecule has 3 N–H and O–H groups in total. The predicted molar refractivity (Wildman–Crippen MR) is 123 cm³/mol. The van der Waals surface area contributed by atoms with Crippen molar-refractivity contribution in [3.8, 4) is 0 Å². The number of carbonyl (C=O) groups is 2. The van der Waals surface area contributed by atoms with E-state index in [0.717, 1.165) is 11.1 Å². The SMILES string of the molecule is CC(C)(C)OC(=O)N1CCN(Cc2ccccc2)C(=O)[C@@H]1[C@@H](O)[C@@H](N)Cc1ccccc1. The van der Waals surface area contributed by atoms with Crippen molar-refractivity contribution < 1.29 is 19.4 Å². The van der Waals surface area contributed by atoms with Crippen molar-refractivity contribution in [1.82, 2.24) is 9.80 Å². The number of amides is 2. The molecule has 2 amide bonds. The molecule has 172 valence electrons. The molecular weight excluding hydrogens is 406 g/mol. The summed E-state index contributed by atoms with van der Waals surface area (Å²) in [6.07, 6.45) is -1.48. The second kappa shape index (κ2) is 10.1. The fourth-order valence-electron chi connectivity index (χ4n) is 3.86. The second-order valence-corrected chi connectivity index (χ2v) is 9.21. The molecular formula is C25H33N3O4. The number of nitrogens with two attached hydrogens (primary N) is 1. The lowest BCUT2D eigenvalue weighted by molar-refractivity contribution is -0.148. The van der Waals surface area contributed by atoms with Gasteiger partial charge in [0.1, 0.15) is 11.6 Å². The number of carbonyl (C=O) groups excluding carboxylic acids is 2. The highest BCUT2D eigenvalue weighted by Gasteiger charge is 2.45. The van der Waals surface area contributed by atoms with Crippen molar-refractivity contribution in [2.24, 2.45) is 5.73 Å². The van der Waals surface area contributed by atoms with Crippen LogP contribution in [0.1, 0.15) is 31.9 Å². The van der Waals surface area contributed by atoms with E-state index in [2.05, 4.69) is 0 Å². The summed E-state index contributed by atoms with van der Waals surface area (Å²) in [4.78, 5) is 29.4. The lowest BCUT2D eigenvalue weighted by Gasteiger charge is -2.43. The van der Waals surface area contributed by atoms with Crippen molar-refractivity contribution >= 4 is 12.0 Å². The van der Waals surface area contributed by atoms with Crippen LogP contribution in [0.4, 0.5) is 4.79 Å². The molecule has 1 fully saturated rings. The third kappa shape index (κ3) is 6.08. The van der Waals surface area contributed by atoms with E-state index >= 15 is 0 Å². The van der Waals surface area contributed by atoms with Gasteiger partial charge < -0.3 is 20.5 Å². The van der Waals surface area contributed by atoms with Gasteiger partial charge in [-0.3, -0.25) is 9.69 Å². The van der Waals surface area contributed by atoms with Gasteiger partial charge in [-0.05, 0) is 38.3 Å². The first-order valence-electron chi connectivity index (χ1n) is 11.0. The predicted octanol–water partition coefficient (Wildman–Crippen LogP) is 2.57. The summed E-state index contributed by atoms with van der Waals surface area (Å²) in [7, 11) is 0. The zero-order valence-electron chi connectivity index (χ0n) is 19.0. The van der Waals surface area contributed by atoms with Gasteiger partial charge in [0.2, 0.25) is 5.91 Å². The normalized spacial score (nSPS) is 18.9. The van der Waals surface area contributed by atoms with Crippen LogP contribution in [-0.4, -0.2) is 63.8 Å². The number of piperazine rings is 1. The zero-order valence-corrected chi connectivity index (χ0v) is 19.0. The molecule has 0 saturated carbocycles. The Morgan fingerprint density at radius 1 is 1.06 bits per heavy atom. The molecule has 1 aliphatic rings. The maximum atomic E-state index is 13.5. The van der Waals surface area contributed by atoms with Crippen LogP contribution in [0.15, 0.2) is 60.7 Å². The molecule has 3 atom stereocenters. The van der Waals surface area contributed by atoms with Gasteiger partial charge in [-0.25, -0.2) is 4.79 Å². The average Bonchev–Trinajstić information content (AvgIpc) is 2.74. The third-order valence-corrected chi connectivity index (χ3v) is 5.43. The van der Waals surface area contributed by atoms with Crippen molar-refractivity contribution in [2.75, 3.05) is 13.1 Å². The maximum Gasteiger partial charge on any atom is 0.411 e. The van der Waals surface area contributed by atoms with E-state index in [9.17, 15) is 14.7 Å². The molecule has 0 aromatic heterocycles. The number of aliphatic hydroxyl groups excluding tert-OH is 1. The zero-order chi connectivity index (χ0) is 23.3. The van der Waals surface area contributed by atoms with Gasteiger partial charge in [0.25, 0.3) is 0 Å². The number of ether oxygens (including phenoxy) is 1. The average molecular weight is 440 g/mol. The van der Waals surface area contributed by atoms with E-state index in [1.165, 1.54) is 4.90 Å². The first kappa shape index (κ1) is 23.8. The summed E-state index contributed by atoms with van der Waals surface area (Å²) in [5, 5.41) is 11.2. The Bertz CT molecular complexity index is 898. The molecule has 7 heteroatoms. The summed E-state index contributed by atoms with van der Waals surface area (Å²) in [6.45, 7) is 6.32. The highest BCUT2D eigenvalue weighted by atomic mass is 16.6. The number of hydrogen-bond acceptors (Lipinski definition) is 5. The van der Waals surface area contributed by atoms with Crippen molar-refractivity contribution in [3.05, 3.63) is 71.8 Å². The quantitative estimate of drug-likeness (QED) is 0.721. The Kier molecular flexibility index (Phi) is 7.53. The van der Waals surface area contributed by atoms with Crippen LogP contribution in [-0.2, 0) is 22.5 Å². The second-order valence-electron chi connectivity index (χ2n) is 9.21. The van der Waals surface area contributed by atoms with Crippen molar-refractivity contribution in [3.63, 3.8) is 0 Å². The molecule has 0 unspecified atom stereocenters. The molecule has 1 aliphatic heterocycles. The van der Waals surface area contributed by atoms with Crippen LogP contribution < -0.4 is 5.73 Å². The van der Waals surface area contributed by atoms with Gasteiger partial charge in [0.15, 0.2) is 0 Å². The number of benzene rings is 2. The maximum absolute atomic E-state index is 13.5. The molecule has 0 radical (unpaired) electrons. The Morgan fingerprint density at radius 2 is 1.62 bits per heavy atom. The highest BCUT2D eigenvalue weighted by molar-refractivity contribution is 5.87. The lowest BCUT2D eigenvalue weighted by atomic mass is 9.94. The lowest BCUT2D eigenvalue weighted by Crippen LogP contribution is -2.65. The third-order valence-electron chi connectivity index (χ3n) is 5.43. The summed E-state index contributed by atoms with van der Waals surface area (Å²) in [5.74, 6) is -0.332. The van der Waals surface area contributed by atoms with Gasteiger partial charge >= 0.3 is 6.09 Å². The minimum Gasteiger partial charge on any atom is -0.444 e. The topological polar surface area (TPSA) is 96.1 Å². The summed E-state index contributed by atoms with van der Waals surface area (Å²) >= 11 is 0. The standard InChI is InChI=1S/C25H33N3O4/c1-25(2,3)32-24(31)28-15-14-27(17-19-12-8-5-9-13-19)23(30)21(28)22(29)20(26)16-18-10-6-4-7-11-18/h4-13,20-22,29H,14-17,26H2,1-3H3/t20-,21-,22-/m0/s1. The Balaban J connectivity index is 1.82. The smallest absolute Gasteiger partial charge is 0.411 e. The molecule has 2 aromatic rings. The van der Waals surface area contributed by atoms with Crippen LogP contribution in [0, 0.1) is 0 Å². The molecule has 32 heavy (non-hydrogen) atoms. The van der Waals surface area contributed by atoms with Gasteiger partial charge in [-0.1, -0.05) is 60.7 Å². The van der Waals surface area contributed by atoms with Gasteiger partial charge in [0, 0.05) is 25.7 Å². The van der Waals surface area contributed by atoms with Crippen molar-refractivity contribution in [2.45, 2.75) is 57.5 Å². The van der Waals surface area contributed by atoms with E-state index in [1.54, 1.807) is 25.7 Å².